The Morgan fingerprint density at radius 2 is 2.00 bits per heavy atom. The minimum Gasteiger partial charge on any atom is -0.495 e. The third-order valence-corrected chi connectivity index (χ3v) is 2.82. The number of para-hydroxylation sites is 2. The highest BCUT2D eigenvalue weighted by Gasteiger charge is 2.10. The molecule has 2 aromatic rings. The SMILES string of the molecule is COc1ccccc1Nc1nc(C)cc(C)c1C#N. The number of anilines is 2. The predicted octanol–water partition coefficient (Wildman–Crippen LogP) is 3.32. The van der Waals surface area contributed by atoms with E-state index in [-0.39, 0.29) is 0 Å². The lowest BCUT2D eigenvalue weighted by Gasteiger charge is -2.13. The summed E-state index contributed by atoms with van der Waals surface area (Å²) in [4.78, 5) is 4.39. The Labute approximate surface area is 112 Å². The van der Waals surface area contributed by atoms with Crippen LogP contribution in [0.15, 0.2) is 30.3 Å². The minimum atomic E-state index is 0.552. The summed E-state index contributed by atoms with van der Waals surface area (Å²) in [6.45, 7) is 3.81. The molecule has 0 aliphatic rings. The van der Waals surface area contributed by atoms with Crippen molar-refractivity contribution in [2.45, 2.75) is 13.8 Å². The molecule has 2 rings (SSSR count). The first-order valence-corrected chi connectivity index (χ1v) is 5.94. The predicted molar refractivity (Wildman–Crippen MR) is 74.7 cm³/mol. The number of benzene rings is 1. The van der Waals surface area contributed by atoms with E-state index >= 15 is 0 Å². The first-order chi connectivity index (χ1) is 9.15. The van der Waals surface area contributed by atoms with Crippen LogP contribution >= 0.6 is 0 Å². The molecule has 0 fully saturated rings. The van der Waals surface area contributed by atoms with E-state index in [0.717, 1.165) is 16.9 Å². The molecule has 0 amide bonds. The van der Waals surface area contributed by atoms with Crippen molar-refractivity contribution in [2.24, 2.45) is 0 Å². The molecular formula is C15H15N3O. The fraction of sp³-hybridized carbons (Fsp3) is 0.200. The highest BCUT2D eigenvalue weighted by Crippen LogP contribution is 2.28. The Morgan fingerprint density at radius 1 is 1.26 bits per heavy atom. The van der Waals surface area contributed by atoms with Gasteiger partial charge in [0.1, 0.15) is 17.6 Å². The molecule has 0 unspecified atom stereocenters. The molecule has 1 aromatic carbocycles. The number of aryl methyl sites for hydroxylation is 2. The molecule has 4 heteroatoms. The van der Waals surface area contributed by atoms with Crippen LogP contribution in [0.2, 0.25) is 0 Å². The Hall–Kier alpha value is -2.54. The van der Waals surface area contributed by atoms with Gasteiger partial charge >= 0.3 is 0 Å². The number of nitriles is 1. The van der Waals surface area contributed by atoms with Gasteiger partial charge < -0.3 is 10.1 Å². The van der Waals surface area contributed by atoms with Crippen LogP contribution in [0.4, 0.5) is 11.5 Å². The van der Waals surface area contributed by atoms with Crippen molar-refractivity contribution in [1.82, 2.24) is 4.98 Å². The molecular weight excluding hydrogens is 238 g/mol. The Bertz CT molecular complexity index is 644. The van der Waals surface area contributed by atoms with E-state index in [2.05, 4.69) is 16.4 Å². The Balaban J connectivity index is 2.47. The van der Waals surface area contributed by atoms with Gasteiger partial charge in [0.15, 0.2) is 0 Å². The zero-order valence-electron chi connectivity index (χ0n) is 11.2. The molecule has 0 saturated carbocycles. The van der Waals surface area contributed by atoms with E-state index in [1.54, 1.807) is 7.11 Å². The van der Waals surface area contributed by atoms with Crippen molar-refractivity contribution in [3.8, 4) is 11.8 Å². The molecule has 96 valence electrons. The standard InChI is InChI=1S/C15H15N3O/c1-10-8-11(2)17-15(12(10)9-16)18-13-6-4-5-7-14(13)19-3/h4-8H,1-3H3,(H,17,18). The monoisotopic (exact) mass is 253 g/mol. The number of hydrogen-bond acceptors (Lipinski definition) is 4. The number of nitrogens with zero attached hydrogens (tertiary/aromatic N) is 2. The lowest BCUT2D eigenvalue weighted by atomic mass is 10.1. The number of methoxy groups -OCH3 is 1. The Kier molecular flexibility index (Phi) is 3.67. The van der Waals surface area contributed by atoms with E-state index < -0.39 is 0 Å². The van der Waals surface area contributed by atoms with E-state index in [4.69, 9.17) is 4.74 Å². The van der Waals surface area contributed by atoms with Gasteiger partial charge in [0, 0.05) is 5.69 Å². The van der Waals surface area contributed by atoms with E-state index in [0.29, 0.717) is 17.1 Å². The van der Waals surface area contributed by atoms with Crippen molar-refractivity contribution in [2.75, 3.05) is 12.4 Å². The zero-order chi connectivity index (χ0) is 13.8. The van der Waals surface area contributed by atoms with Gasteiger partial charge in [-0.15, -0.1) is 0 Å². The number of nitrogens with one attached hydrogen (secondary N) is 1. The van der Waals surface area contributed by atoms with E-state index in [9.17, 15) is 5.26 Å². The molecule has 0 atom stereocenters. The maximum Gasteiger partial charge on any atom is 0.148 e. The molecule has 1 heterocycles. The molecule has 0 aliphatic heterocycles. The van der Waals surface area contributed by atoms with E-state index in [1.807, 2.05) is 44.2 Å². The minimum absolute atomic E-state index is 0.552. The lowest BCUT2D eigenvalue weighted by molar-refractivity contribution is 0.417. The van der Waals surface area contributed by atoms with Crippen LogP contribution < -0.4 is 10.1 Å². The second-order valence-corrected chi connectivity index (χ2v) is 4.24. The average Bonchev–Trinajstić information content (AvgIpc) is 2.39. The van der Waals surface area contributed by atoms with Gasteiger partial charge in [0.2, 0.25) is 0 Å². The third-order valence-electron chi connectivity index (χ3n) is 2.82. The summed E-state index contributed by atoms with van der Waals surface area (Å²) in [5.41, 5.74) is 3.12. The summed E-state index contributed by atoms with van der Waals surface area (Å²) in [6.07, 6.45) is 0. The van der Waals surface area contributed by atoms with Crippen molar-refractivity contribution >= 4 is 11.5 Å². The summed E-state index contributed by atoms with van der Waals surface area (Å²) < 4.78 is 5.28. The van der Waals surface area contributed by atoms with Gasteiger partial charge in [0.05, 0.1) is 18.4 Å². The summed E-state index contributed by atoms with van der Waals surface area (Å²) in [7, 11) is 1.61. The maximum absolute atomic E-state index is 9.23. The van der Waals surface area contributed by atoms with Crippen LogP contribution in [0.3, 0.4) is 0 Å². The number of ether oxygens (including phenoxy) is 1. The molecule has 0 spiro atoms. The van der Waals surface area contributed by atoms with Crippen LogP contribution in [0.1, 0.15) is 16.8 Å². The van der Waals surface area contributed by atoms with Crippen LogP contribution in [0.5, 0.6) is 5.75 Å². The molecule has 1 aromatic heterocycles. The zero-order valence-corrected chi connectivity index (χ0v) is 11.2. The van der Waals surface area contributed by atoms with Crippen LogP contribution in [-0.2, 0) is 0 Å². The summed E-state index contributed by atoms with van der Waals surface area (Å²) in [5, 5.41) is 12.4. The molecule has 19 heavy (non-hydrogen) atoms. The smallest absolute Gasteiger partial charge is 0.148 e. The van der Waals surface area contributed by atoms with Gasteiger partial charge in [0.25, 0.3) is 0 Å². The fourth-order valence-electron chi connectivity index (χ4n) is 1.94. The van der Waals surface area contributed by atoms with Crippen LogP contribution in [0.25, 0.3) is 0 Å². The van der Waals surface area contributed by atoms with Crippen molar-refractivity contribution in [1.29, 1.82) is 5.26 Å². The first-order valence-electron chi connectivity index (χ1n) is 5.94. The number of pyridine rings is 1. The first kappa shape index (κ1) is 12.9. The van der Waals surface area contributed by atoms with E-state index in [1.165, 1.54) is 0 Å². The van der Waals surface area contributed by atoms with Crippen molar-refractivity contribution in [3.05, 3.63) is 47.2 Å². The second-order valence-electron chi connectivity index (χ2n) is 4.24. The average molecular weight is 253 g/mol. The topological polar surface area (TPSA) is 57.9 Å². The largest absolute Gasteiger partial charge is 0.495 e. The van der Waals surface area contributed by atoms with Crippen LogP contribution in [-0.4, -0.2) is 12.1 Å². The molecule has 0 bridgehead atoms. The molecule has 0 saturated heterocycles. The highest BCUT2D eigenvalue weighted by atomic mass is 16.5. The third kappa shape index (κ3) is 2.66. The number of aromatic nitrogens is 1. The van der Waals surface area contributed by atoms with Gasteiger partial charge in [-0.1, -0.05) is 12.1 Å². The summed E-state index contributed by atoms with van der Waals surface area (Å²) in [5.74, 6) is 1.27. The lowest BCUT2D eigenvalue weighted by Crippen LogP contribution is -2.02. The van der Waals surface area contributed by atoms with Crippen LogP contribution in [0, 0.1) is 25.2 Å². The maximum atomic E-state index is 9.23. The second kappa shape index (κ2) is 5.40. The van der Waals surface area contributed by atoms with Gasteiger partial charge in [-0.2, -0.15) is 5.26 Å². The Morgan fingerprint density at radius 3 is 2.68 bits per heavy atom. The van der Waals surface area contributed by atoms with Gasteiger partial charge in [-0.05, 0) is 37.6 Å². The van der Waals surface area contributed by atoms with Crippen molar-refractivity contribution in [3.63, 3.8) is 0 Å². The van der Waals surface area contributed by atoms with Gasteiger partial charge in [-0.25, -0.2) is 4.98 Å². The quantitative estimate of drug-likeness (QED) is 0.911. The highest BCUT2D eigenvalue weighted by molar-refractivity contribution is 5.69. The molecule has 0 aliphatic carbocycles. The fourth-order valence-corrected chi connectivity index (χ4v) is 1.94. The summed E-state index contributed by atoms with van der Waals surface area (Å²) >= 11 is 0. The normalized spacial score (nSPS) is 9.79. The molecule has 1 N–H and O–H groups in total. The number of rotatable bonds is 3. The summed E-state index contributed by atoms with van der Waals surface area (Å²) in [6, 6.07) is 11.6. The van der Waals surface area contributed by atoms with Crippen molar-refractivity contribution < 1.29 is 4.74 Å². The molecule has 4 nitrogen and oxygen atoms in total. The van der Waals surface area contributed by atoms with Gasteiger partial charge in [-0.3, -0.25) is 0 Å². The molecule has 0 radical (unpaired) electrons. The number of hydrogen-bond donors (Lipinski definition) is 1.